The Morgan fingerprint density at radius 1 is 1.50 bits per heavy atom. The van der Waals surface area contributed by atoms with Crippen molar-refractivity contribution in [3.8, 4) is 0 Å². The van der Waals surface area contributed by atoms with Crippen molar-refractivity contribution in [3.63, 3.8) is 0 Å². The van der Waals surface area contributed by atoms with Gasteiger partial charge in [0.05, 0.1) is 24.7 Å². The fourth-order valence-corrected chi connectivity index (χ4v) is 4.04. The Bertz CT molecular complexity index is 383. The zero-order chi connectivity index (χ0) is 12.4. The highest BCUT2D eigenvalue weighted by Gasteiger charge is 2.28. The van der Waals surface area contributed by atoms with Gasteiger partial charge in [0.1, 0.15) is 0 Å². The van der Waals surface area contributed by atoms with Crippen LogP contribution >= 0.6 is 11.8 Å². The van der Waals surface area contributed by atoms with E-state index in [0.29, 0.717) is 12.0 Å². The maximum atomic E-state index is 6.40. The molecule has 18 heavy (non-hydrogen) atoms. The molecule has 4 nitrogen and oxygen atoms in total. The normalized spacial score (nSPS) is 30.5. The van der Waals surface area contributed by atoms with Gasteiger partial charge in [-0.1, -0.05) is 0 Å². The quantitative estimate of drug-likeness (QED) is 0.910. The first-order valence-electron chi connectivity index (χ1n) is 6.79. The van der Waals surface area contributed by atoms with Crippen molar-refractivity contribution in [2.75, 3.05) is 24.7 Å². The molecule has 3 atom stereocenters. The van der Waals surface area contributed by atoms with E-state index in [-0.39, 0.29) is 6.04 Å². The van der Waals surface area contributed by atoms with Crippen LogP contribution in [-0.4, -0.2) is 34.3 Å². The predicted octanol–water partition coefficient (Wildman–Crippen LogP) is 1.99. The lowest BCUT2D eigenvalue weighted by molar-refractivity contribution is 0.180. The summed E-state index contributed by atoms with van der Waals surface area (Å²) in [5.74, 6) is 2.94. The number of hydrogen-bond donors (Lipinski definition) is 1. The van der Waals surface area contributed by atoms with Gasteiger partial charge >= 0.3 is 0 Å². The average molecular weight is 267 g/mol. The van der Waals surface area contributed by atoms with Crippen LogP contribution in [0.4, 0.5) is 0 Å². The Balaban J connectivity index is 1.77. The van der Waals surface area contributed by atoms with Gasteiger partial charge in [-0.15, -0.1) is 0 Å². The Kier molecular flexibility index (Phi) is 3.91. The average Bonchev–Trinajstić information content (AvgIpc) is 3.10. The van der Waals surface area contributed by atoms with E-state index in [0.717, 1.165) is 19.6 Å². The molecule has 0 spiro atoms. The van der Waals surface area contributed by atoms with Crippen LogP contribution in [0.3, 0.4) is 0 Å². The summed E-state index contributed by atoms with van der Waals surface area (Å²) < 4.78 is 7.76. The van der Waals surface area contributed by atoms with Crippen LogP contribution in [0.5, 0.6) is 0 Å². The Morgan fingerprint density at radius 3 is 3.17 bits per heavy atom. The first-order chi connectivity index (χ1) is 8.86. The minimum Gasteiger partial charge on any atom is -0.381 e. The number of imidazole rings is 1. The zero-order valence-corrected chi connectivity index (χ0v) is 11.4. The molecule has 5 heteroatoms. The SMILES string of the molecule is NC(c1cncn1C1CCCSC1)C1CCOC1. The molecule has 1 aromatic heterocycles. The van der Waals surface area contributed by atoms with Crippen LogP contribution in [0.25, 0.3) is 0 Å². The molecule has 2 fully saturated rings. The molecular weight excluding hydrogens is 246 g/mol. The minimum atomic E-state index is 0.0712. The molecule has 2 aliphatic heterocycles. The van der Waals surface area contributed by atoms with Crippen LogP contribution < -0.4 is 5.73 Å². The predicted molar refractivity (Wildman–Crippen MR) is 73.7 cm³/mol. The second-order valence-corrected chi connectivity index (χ2v) is 6.40. The number of aromatic nitrogens is 2. The summed E-state index contributed by atoms with van der Waals surface area (Å²) >= 11 is 2.04. The molecule has 3 unspecified atom stereocenters. The smallest absolute Gasteiger partial charge is 0.0951 e. The van der Waals surface area contributed by atoms with Crippen LogP contribution in [0, 0.1) is 5.92 Å². The third-order valence-corrected chi connectivity index (χ3v) is 5.24. The molecule has 100 valence electrons. The summed E-state index contributed by atoms with van der Waals surface area (Å²) in [6, 6.07) is 0.650. The van der Waals surface area contributed by atoms with E-state index in [4.69, 9.17) is 10.5 Å². The largest absolute Gasteiger partial charge is 0.381 e. The highest BCUT2D eigenvalue weighted by atomic mass is 32.2. The monoisotopic (exact) mass is 267 g/mol. The molecular formula is C13H21N3OS. The lowest BCUT2D eigenvalue weighted by atomic mass is 9.97. The second-order valence-electron chi connectivity index (χ2n) is 5.25. The number of nitrogens with two attached hydrogens (primary N) is 1. The molecule has 0 bridgehead atoms. The van der Waals surface area contributed by atoms with Crippen molar-refractivity contribution < 1.29 is 4.74 Å². The number of hydrogen-bond acceptors (Lipinski definition) is 4. The van der Waals surface area contributed by atoms with Gasteiger partial charge in [0, 0.05) is 30.5 Å². The van der Waals surface area contributed by atoms with Gasteiger partial charge in [-0.25, -0.2) is 4.98 Å². The van der Waals surface area contributed by atoms with Crippen molar-refractivity contribution >= 4 is 11.8 Å². The standard InChI is InChI=1S/C13H21N3OS/c14-13(10-3-4-17-7-10)12-6-15-9-16(12)11-2-1-5-18-8-11/h6,9-11,13H,1-5,7-8,14H2. The van der Waals surface area contributed by atoms with E-state index in [2.05, 4.69) is 9.55 Å². The van der Waals surface area contributed by atoms with Gasteiger partial charge in [0.2, 0.25) is 0 Å². The summed E-state index contributed by atoms with van der Waals surface area (Å²) in [6.07, 6.45) is 7.54. The fourth-order valence-electron chi connectivity index (χ4n) is 2.90. The molecule has 0 aromatic carbocycles. The number of thioether (sulfide) groups is 1. The van der Waals surface area contributed by atoms with E-state index in [1.807, 2.05) is 24.3 Å². The molecule has 0 radical (unpaired) electrons. The maximum Gasteiger partial charge on any atom is 0.0951 e. The van der Waals surface area contributed by atoms with Crippen LogP contribution in [0.1, 0.15) is 37.0 Å². The molecule has 3 heterocycles. The molecule has 0 saturated carbocycles. The third kappa shape index (κ3) is 2.44. The summed E-state index contributed by atoms with van der Waals surface area (Å²) in [5, 5.41) is 0. The molecule has 0 amide bonds. The van der Waals surface area contributed by atoms with E-state index in [1.54, 1.807) is 0 Å². The lowest BCUT2D eigenvalue weighted by Crippen LogP contribution is -2.27. The van der Waals surface area contributed by atoms with Crippen molar-refractivity contribution in [2.45, 2.75) is 31.3 Å². The lowest BCUT2D eigenvalue weighted by Gasteiger charge is -2.27. The molecule has 3 rings (SSSR count). The minimum absolute atomic E-state index is 0.0712. The van der Waals surface area contributed by atoms with Crippen molar-refractivity contribution in [3.05, 3.63) is 18.2 Å². The zero-order valence-electron chi connectivity index (χ0n) is 10.6. The molecule has 2 N–H and O–H groups in total. The Labute approximate surface area is 112 Å². The number of ether oxygens (including phenoxy) is 1. The van der Waals surface area contributed by atoms with Crippen LogP contribution in [-0.2, 0) is 4.74 Å². The van der Waals surface area contributed by atoms with Crippen molar-refractivity contribution in [1.29, 1.82) is 0 Å². The molecule has 0 aliphatic carbocycles. The van der Waals surface area contributed by atoms with Crippen LogP contribution in [0.2, 0.25) is 0 Å². The number of rotatable bonds is 3. The van der Waals surface area contributed by atoms with Crippen LogP contribution in [0.15, 0.2) is 12.5 Å². The Hall–Kier alpha value is -0.520. The van der Waals surface area contributed by atoms with Crippen molar-refractivity contribution in [2.24, 2.45) is 11.7 Å². The topological polar surface area (TPSA) is 53.1 Å². The van der Waals surface area contributed by atoms with E-state index in [9.17, 15) is 0 Å². The molecule has 1 aromatic rings. The third-order valence-electron chi connectivity index (χ3n) is 4.04. The van der Waals surface area contributed by atoms with Gasteiger partial charge in [0.15, 0.2) is 0 Å². The first kappa shape index (κ1) is 12.5. The summed E-state index contributed by atoms with van der Waals surface area (Å²) in [5.41, 5.74) is 7.60. The van der Waals surface area contributed by atoms with Gasteiger partial charge < -0.3 is 15.0 Å². The van der Waals surface area contributed by atoms with Gasteiger partial charge in [-0.05, 0) is 25.0 Å². The molecule has 2 aliphatic rings. The Morgan fingerprint density at radius 2 is 2.44 bits per heavy atom. The highest BCUT2D eigenvalue weighted by molar-refractivity contribution is 7.99. The van der Waals surface area contributed by atoms with E-state index >= 15 is 0 Å². The first-order valence-corrected chi connectivity index (χ1v) is 7.94. The molecule has 2 saturated heterocycles. The van der Waals surface area contributed by atoms with E-state index in [1.165, 1.54) is 30.0 Å². The van der Waals surface area contributed by atoms with Gasteiger partial charge in [-0.2, -0.15) is 11.8 Å². The summed E-state index contributed by atoms with van der Waals surface area (Å²) in [4.78, 5) is 4.32. The van der Waals surface area contributed by atoms with Gasteiger partial charge in [0.25, 0.3) is 0 Å². The van der Waals surface area contributed by atoms with Crippen molar-refractivity contribution in [1.82, 2.24) is 9.55 Å². The second kappa shape index (κ2) is 5.63. The fraction of sp³-hybridized carbons (Fsp3) is 0.769. The highest BCUT2D eigenvalue weighted by Crippen LogP contribution is 2.32. The summed E-state index contributed by atoms with van der Waals surface area (Å²) in [6.45, 7) is 1.65. The van der Waals surface area contributed by atoms with E-state index < -0.39 is 0 Å². The summed E-state index contributed by atoms with van der Waals surface area (Å²) in [7, 11) is 0. The maximum absolute atomic E-state index is 6.40. The number of nitrogens with zero attached hydrogens (tertiary/aromatic N) is 2. The van der Waals surface area contributed by atoms with Gasteiger partial charge in [-0.3, -0.25) is 0 Å².